The van der Waals surface area contributed by atoms with Gasteiger partial charge in [-0.25, -0.2) is 14.8 Å². The van der Waals surface area contributed by atoms with Gasteiger partial charge < -0.3 is 5.32 Å². The Hall–Kier alpha value is -1.67. The molecule has 0 saturated heterocycles. The molecular formula is C10H10N4O2S2. The number of aromatic nitrogens is 2. The number of carbonyl (C=O) groups excluding carboxylic acids is 2. The molecule has 0 spiro atoms. The van der Waals surface area contributed by atoms with Crippen LogP contribution in [0, 0.1) is 0 Å². The second-order valence-electron chi connectivity index (χ2n) is 3.23. The van der Waals surface area contributed by atoms with Crippen LogP contribution >= 0.6 is 23.1 Å². The minimum absolute atomic E-state index is 0.134. The molecule has 0 aliphatic rings. The van der Waals surface area contributed by atoms with Crippen molar-refractivity contribution in [3.8, 4) is 0 Å². The van der Waals surface area contributed by atoms with Crippen LogP contribution in [-0.4, -0.2) is 34.7 Å². The third-order valence-electron chi connectivity index (χ3n) is 2.05. The van der Waals surface area contributed by atoms with Crippen molar-refractivity contribution >= 4 is 45.3 Å². The molecule has 0 aliphatic carbocycles. The number of nitrogens with zero attached hydrogens (tertiary/aromatic N) is 2. The van der Waals surface area contributed by atoms with Crippen molar-refractivity contribution in [3.05, 3.63) is 17.8 Å². The summed E-state index contributed by atoms with van der Waals surface area (Å²) in [4.78, 5) is 31.5. The summed E-state index contributed by atoms with van der Waals surface area (Å²) < 4.78 is 0. The number of rotatable bonds is 3. The first-order valence-electron chi connectivity index (χ1n) is 5.03. The second kappa shape index (κ2) is 5.78. The first-order chi connectivity index (χ1) is 8.70. The Labute approximate surface area is 111 Å². The summed E-state index contributed by atoms with van der Waals surface area (Å²) in [6.45, 7) is 0. The van der Waals surface area contributed by atoms with Gasteiger partial charge >= 0.3 is 6.03 Å². The third kappa shape index (κ3) is 2.96. The molecule has 0 fully saturated rings. The van der Waals surface area contributed by atoms with Crippen molar-refractivity contribution in [2.24, 2.45) is 0 Å². The van der Waals surface area contributed by atoms with Gasteiger partial charge in [0, 0.05) is 12.4 Å². The molecule has 3 amide bonds. The van der Waals surface area contributed by atoms with Gasteiger partial charge in [-0.15, -0.1) is 11.3 Å². The van der Waals surface area contributed by atoms with Crippen LogP contribution in [0.15, 0.2) is 22.8 Å². The van der Waals surface area contributed by atoms with Crippen molar-refractivity contribution in [1.29, 1.82) is 0 Å². The van der Waals surface area contributed by atoms with E-state index >= 15 is 0 Å². The van der Waals surface area contributed by atoms with Gasteiger partial charge in [-0.2, -0.15) is 0 Å². The first-order valence-corrected chi connectivity index (χ1v) is 6.90. The van der Waals surface area contributed by atoms with Gasteiger partial charge in [-0.1, -0.05) is 11.8 Å². The predicted molar refractivity (Wildman–Crippen MR) is 70.7 cm³/mol. The van der Waals surface area contributed by atoms with Gasteiger partial charge in [0.25, 0.3) is 0 Å². The Bertz CT molecular complexity index is 584. The molecule has 2 aromatic heterocycles. The Morgan fingerprint density at radius 1 is 1.44 bits per heavy atom. The molecule has 2 N–H and O–H groups in total. The lowest BCUT2D eigenvalue weighted by molar-refractivity contribution is -0.117. The van der Waals surface area contributed by atoms with Crippen LogP contribution in [0.25, 0.3) is 10.2 Å². The van der Waals surface area contributed by atoms with E-state index in [2.05, 4.69) is 20.6 Å². The average molecular weight is 282 g/mol. The van der Waals surface area contributed by atoms with E-state index in [1.807, 2.05) is 11.4 Å². The molecule has 0 radical (unpaired) electrons. The maximum absolute atomic E-state index is 11.4. The van der Waals surface area contributed by atoms with E-state index in [4.69, 9.17) is 0 Å². The van der Waals surface area contributed by atoms with E-state index in [-0.39, 0.29) is 11.7 Å². The lowest BCUT2D eigenvalue weighted by Gasteiger charge is -2.03. The summed E-state index contributed by atoms with van der Waals surface area (Å²) in [6.07, 6.45) is 1.47. The number of thiophene rings is 1. The minimum Gasteiger partial charge on any atom is -0.341 e. The third-order valence-corrected chi connectivity index (χ3v) is 3.87. The van der Waals surface area contributed by atoms with Crippen molar-refractivity contribution in [1.82, 2.24) is 20.6 Å². The van der Waals surface area contributed by atoms with E-state index in [0.717, 1.165) is 15.2 Å². The maximum Gasteiger partial charge on any atom is 0.321 e. The number of thioether (sulfide) groups is 1. The summed E-state index contributed by atoms with van der Waals surface area (Å²) >= 11 is 2.80. The average Bonchev–Trinajstić information content (AvgIpc) is 2.84. The van der Waals surface area contributed by atoms with Gasteiger partial charge in [0.1, 0.15) is 16.2 Å². The summed E-state index contributed by atoms with van der Waals surface area (Å²) in [7, 11) is 1.45. The normalized spacial score (nSPS) is 10.3. The monoisotopic (exact) mass is 282 g/mol. The molecule has 0 atom stereocenters. The van der Waals surface area contributed by atoms with Crippen LogP contribution in [0.3, 0.4) is 0 Å². The molecule has 94 valence electrons. The largest absolute Gasteiger partial charge is 0.341 e. The molecule has 18 heavy (non-hydrogen) atoms. The summed E-state index contributed by atoms with van der Waals surface area (Å²) in [5, 5.41) is 8.11. The Balaban J connectivity index is 2.00. The lowest BCUT2D eigenvalue weighted by Crippen LogP contribution is -2.38. The van der Waals surface area contributed by atoms with Gasteiger partial charge in [0.2, 0.25) is 5.91 Å². The van der Waals surface area contributed by atoms with Crippen molar-refractivity contribution in [2.45, 2.75) is 5.03 Å². The number of carbonyl (C=O) groups is 2. The molecular weight excluding hydrogens is 272 g/mol. The SMILES string of the molecule is CNC(=O)NC(=O)CSc1ncnc2sccc12. The number of hydrogen-bond acceptors (Lipinski definition) is 6. The molecule has 0 aliphatic heterocycles. The zero-order valence-corrected chi connectivity index (χ0v) is 11.1. The number of nitrogens with one attached hydrogen (secondary N) is 2. The molecule has 0 unspecified atom stereocenters. The highest BCUT2D eigenvalue weighted by Crippen LogP contribution is 2.27. The van der Waals surface area contributed by atoms with Gasteiger partial charge in [-0.05, 0) is 11.4 Å². The standard InChI is InChI=1S/C10H10N4O2S2/c1-11-10(16)14-7(15)4-18-9-6-2-3-17-8(6)12-5-13-9/h2-3,5H,4H2,1H3,(H2,11,14,15,16). The van der Waals surface area contributed by atoms with E-state index < -0.39 is 6.03 Å². The number of amides is 3. The zero-order valence-electron chi connectivity index (χ0n) is 9.47. The van der Waals surface area contributed by atoms with Crippen molar-refractivity contribution < 1.29 is 9.59 Å². The highest BCUT2D eigenvalue weighted by atomic mass is 32.2. The van der Waals surface area contributed by atoms with E-state index in [1.165, 1.54) is 36.5 Å². The molecule has 8 heteroatoms. The van der Waals surface area contributed by atoms with E-state index in [9.17, 15) is 9.59 Å². The summed E-state index contributed by atoms with van der Waals surface area (Å²) in [5.74, 6) is -0.226. The molecule has 2 aromatic rings. The van der Waals surface area contributed by atoms with Crippen LogP contribution in [-0.2, 0) is 4.79 Å². The zero-order chi connectivity index (χ0) is 13.0. The molecule has 0 saturated carbocycles. The Morgan fingerprint density at radius 2 is 2.28 bits per heavy atom. The number of urea groups is 1. The van der Waals surface area contributed by atoms with Crippen LogP contribution in [0.4, 0.5) is 4.79 Å². The topological polar surface area (TPSA) is 84.0 Å². The van der Waals surface area contributed by atoms with Gasteiger partial charge in [0.05, 0.1) is 5.75 Å². The van der Waals surface area contributed by atoms with Crippen molar-refractivity contribution in [3.63, 3.8) is 0 Å². The van der Waals surface area contributed by atoms with Crippen LogP contribution < -0.4 is 10.6 Å². The Kier molecular flexibility index (Phi) is 4.11. The number of hydrogen-bond donors (Lipinski definition) is 2. The minimum atomic E-state index is -0.510. The van der Waals surface area contributed by atoms with Gasteiger partial charge in [0.15, 0.2) is 0 Å². The van der Waals surface area contributed by atoms with E-state index in [1.54, 1.807) is 0 Å². The van der Waals surface area contributed by atoms with Gasteiger partial charge in [-0.3, -0.25) is 10.1 Å². The molecule has 2 heterocycles. The second-order valence-corrected chi connectivity index (χ2v) is 5.09. The smallest absolute Gasteiger partial charge is 0.321 e. The van der Waals surface area contributed by atoms with E-state index in [0.29, 0.717) is 0 Å². The van der Waals surface area contributed by atoms with Crippen LogP contribution in [0.2, 0.25) is 0 Å². The highest BCUT2D eigenvalue weighted by molar-refractivity contribution is 8.00. The predicted octanol–water partition coefficient (Wildman–Crippen LogP) is 1.24. The Morgan fingerprint density at radius 3 is 3.06 bits per heavy atom. The quantitative estimate of drug-likeness (QED) is 0.653. The molecule has 0 bridgehead atoms. The maximum atomic E-state index is 11.4. The molecule has 2 rings (SSSR count). The lowest BCUT2D eigenvalue weighted by atomic mass is 10.4. The number of imide groups is 1. The van der Waals surface area contributed by atoms with Crippen LogP contribution in [0.1, 0.15) is 0 Å². The molecule has 0 aromatic carbocycles. The fourth-order valence-electron chi connectivity index (χ4n) is 1.24. The highest BCUT2D eigenvalue weighted by Gasteiger charge is 2.10. The molecule has 6 nitrogen and oxygen atoms in total. The summed E-state index contributed by atoms with van der Waals surface area (Å²) in [5.41, 5.74) is 0. The fourth-order valence-corrected chi connectivity index (χ4v) is 2.82. The first kappa shape index (κ1) is 12.8. The fraction of sp³-hybridized carbons (Fsp3) is 0.200. The number of fused-ring (bicyclic) bond motifs is 1. The van der Waals surface area contributed by atoms with Crippen LogP contribution in [0.5, 0.6) is 0 Å². The van der Waals surface area contributed by atoms with Crippen molar-refractivity contribution in [2.75, 3.05) is 12.8 Å². The summed E-state index contributed by atoms with van der Waals surface area (Å²) in [6, 6.07) is 1.41.